The molecule has 4 nitrogen and oxygen atoms in total. The predicted molar refractivity (Wildman–Crippen MR) is 64.7 cm³/mol. The van der Waals surface area contributed by atoms with Gasteiger partial charge in [0.25, 0.3) is 0 Å². The fourth-order valence-corrected chi connectivity index (χ4v) is 1.30. The highest BCUT2D eigenvalue weighted by molar-refractivity contribution is 6.28. The molecule has 16 heavy (non-hydrogen) atoms. The van der Waals surface area contributed by atoms with Crippen molar-refractivity contribution >= 4 is 29.3 Å². The standard InChI is InChI=1S/C11H9ClN4/c1-2-8-4-3-5-9(6-8)15-11-14-7-13-10(12)16-11/h2-7H,1H2,(H,13,14,15,16)/i7D. The van der Waals surface area contributed by atoms with Gasteiger partial charge in [0.1, 0.15) is 7.67 Å². The lowest BCUT2D eigenvalue weighted by Crippen LogP contribution is -1.97. The third-order valence-corrected chi connectivity index (χ3v) is 2.04. The van der Waals surface area contributed by atoms with Crippen LogP contribution in [0.5, 0.6) is 0 Å². The topological polar surface area (TPSA) is 50.7 Å². The van der Waals surface area contributed by atoms with Crippen LogP contribution in [-0.4, -0.2) is 15.0 Å². The molecular weight excluding hydrogens is 224 g/mol. The van der Waals surface area contributed by atoms with Crippen molar-refractivity contribution in [2.75, 3.05) is 5.32 Å². The molecule has 5 heteroatoms. The summed E-state index contributed by atoms with van der Waals surface area (Å²) in [5, 5.41) is 2.94. The van der Waals surface area contributed by atoms with Crippen LogP contribution >= 0.6 is 11.6 Å². The van der Waals surface area contributed by atoms with Crippen LogP contribution in [0.1, 0.15) is 6.93 Å². The Bertz CT molecular complexity index is 539. The molecule has 0 fully saturated rings. The molecule has 0 saturated heterocycles. The van der Waals surface area contributed by atoms with Gasteiger partial charge in [0, 0.05) is 5.69 Å². The number of aromatic nitrogens is 3. The molecule has 1 N–H and O–H groups in total. The minimum atomic E-state index is -0.174. The predicted octanol–water partition coefficient (Wildman–Crippen LogP) is 2.91. The maximum Gasteiger partial charge on any atom is 0.231 e. The molecule has 0 spiro atoms. The summed E-state index contributed by atoms with van der Waals surface area (Å²) in [6.45, 7) is 3.69. The van der Waals surface area contributed by atoms with Gasteiger partial charge in [-0.1, -0.05) is 24.8 Å². The minimum Gasteiger partial charge on any atom is -0.324 e. The molecule has 0 aliphatic heterocycles. The Morgan fingerprint density at radius 1 is 1.44 bits per heavy atom. The molecule has 1 heterocycles. The second kappa shape index (κ2) is 4.72. The van der Waals surface area contributed by atoms with Crippen LogP contribution in [-0.2, 0) is 0 Å². The van der Waals surface area contributed by atoms with Gasteiger partial charge in [-0.2, -0.15) is 4.98 Å². The summed E-state index contributed by atoms with van der Waals surface area (Å²) >= 11 is 5.64. The van der Waals surface area contributed by atoms with Crippen molar-refractivity contribution in [1.29, 1.82) is 0 Å². The maximum atomic E-state index is 7.32. The van der Waals surface area contributed by atoms with E-state index in [2.05, 4.69) is 26.8 Å². The van der Waals surface area contributed by atoms with E-state index in [-0.39, 0.29) is 17.5 Å². The van der Waals surface area contributed by atoms with Crippen molar-refractivity contribution in [3.63, 3.8) is 0 Å². The van der Waals surface area contributed by atoms with E-state index in [9.17, 15) is 0 Å². The monoisotopic (exact) mass is 233 g/mol. The first-order chi connectivity index (χ1) is 8.17. The van der Waals surface area contributed by atoms with Crippen molar-refractivity contribution in [2.45, 2.75) is 0 Å². The fraction of sp³-hybridized carbons (Fsp3) is 0. The quantitative estimate of drug-likeness (QED) is 0.886. The molecule has 0 atom stereocenters. The van der Waals surface area contributed by atoms with Gasteiger partial charge >= 0.3 is 0 Å². The van der Waals surface area contributed by atoms with Crippen LogP contribution in [0.3, 0.4) is 0 Å². The Balaban J connectivity index is 2.27. The molecule has 0 amide bonds. The molecule has 2 aromatic rings. The first-order valence-electron chi connectivity index (χ1n) is 5.05. The average molecular weight is 234 g/mol. The van der Waals surface area contributed by atoms with E-state index in [4.69, 9.17) is 13.0 Å². The number of anilines is 2. The molecule has 0 radical (unpaired) electrons. The second-order valence-corrected chi connectivity index (χ2v) is 3.32. The summed E-state index contributed by atoms with van der Waals surface area (Å²) in [5.74, 6) is 0.246. The molecular formula is C11H9ClN4. The van der Waals surface area contributed by atoms with E-state index in [1.165, 1.54) is 0 Å². The van der Waals surface area contributed by atoms with Crippen LogP contribution in [0.15, 0.2) is 37.1 Å². The number of benzene rings is 1. The van der Waals surface area contributed by atoms with Gasteiger partial charge < -0.3 is 5.32 Å². The van der Waals surface area contributed by atoms with Gasteiger partial charge in [-0.25, -0.2) is 9.97 Å². The molecule has 0 bridgehead atoms. The van der Waals surface area contributed by atoms with Gasteiger partial charge in [0.15, 0.2) is 0 Å². The lowest BCUT2D eigenvalue weighted by molar-refractivity contribution is 1.05. The third-order valence-electron chi connectivity index (χ3n) is 1.87. The van der Waals surface area contributed by atoms with Gasteiger partial charge in [0.05, 0.1) is 0 Å². The van der Waals surface area contributed by atoms with Crippen molar-refractivity contribution in [3.05, 3.63) is 48.0 Å². The molecule has 80 valence electrons. The summed E-state index contributed by atoms with van der Waals surface area (Å²) in [4.78, 5) is 11.2. The molecule has 0 aliphatic rings. The molecule has 0 aliphatic carbocycles. The molecule has 2 rings (SSSR count). The van der Waals surface area contributed by atoms with Crippen LogP contribution < -0.4 is 5.32 Å². The summed E-state index contributed by atoms with van der Waals surface area (Å²) < 4.78 is 7.32. The minimum absolute atomic E-state index is 0.00706. The number of rotatable bonds is 3. The van der Waals surface area contributed by atoms with Crippen LogP contribution in [0.2, 0.25) is 5.28 Å². The SMILES string of the molecule is [2H]c1nc(Cl)nc(Nc2cccc(C=C)c2)n1. The first kappa shape index (κ1) is 9.30. The van der Waals surface area contributed by atoms with Crippen molar-refractivity contribution in [3.8, 4) is 0 Å². The highest BCUT2D eigenvalue weighted by Crippen LogP contribution is 2.15. The van der Waals surface area contributed by atoms with Crippen molar-refractivity contribution in [2.24, 2.45) is 0 Å². The Hall–Kier alpha value is -1.94. The molecule has 1 aromatic heterocycles. The lowest BCUT2D eigenvalue weighted by atomic mass is 10.2. The van der Waals surface area contributed by atoms with E-state index < -0.39 is 0 Å². The Kier molecular flexibility index (Phi) is 2.74. The Labute approximate surface area is 99.4 Å². The van der Waals surface area contributed by atoms with E-state index in [0.717, 1.165) is 11.3 Å². The highest BCUT2D eigenvalue weighted by atomic mass is 35.5. The molecule has 0 saturated carbocycles. The van der Waals surface area contributed by atoms with E-state index in [1.54, 1.807) is 6.08 Å². The van der Waals surface area contributed by atoms with Crippen molar-refractivity contribution in [1.82, 2.24) is 15.0 Å². The lowest BCUT2D eigenvalue weighted by Gasteiger charge is -2.04. The maximum absolute atomic E-state index is 7.32. The van der Waals surface area contributed by atoms with Crippen LogP contribution in [0.4, 0.5) is 11.6 Å². The van der Waals surface area contributed by atoms with Crippen LogP contribution in [0, 0.1) is 0 Å². The van der Waals surface area contributed by atoms with E-state index in [1.807, 2.05) is 24.3 Å². The largest absolute Gasteiger partial charge is 0.324 e. The summed E-state index contributed by atoms with van der Waals surface area (Å²) in [6.07, 6.45) is 1.56. The third kappa shape index (κ3) is 2.55. The van der Waals surface area contributed by atoms with Gasteiger partial charge in [0.2, 0.25) is 11.2 Å². The summed E-state index contributed by atoms with van der Waals surface area (Å²) in [5.41, 5.74) is 1.77. The highest BCUT2D eigenvalue weighted by Gasteiger charge is 1.99. The number of hydrogen-bond acceptors (Lipinski definition) is 4. The zero-order chi connectivity index (χ0) is 12.3. The number of nitrogens with zero attached hydrogens (tertiary/aromatic N) is 3. The van der Waals surface area contributed by atoms with Crippen molar-refractivity contribution < 1.29 is 1.37 Å². The number of halogens is 1. The van der Waals surface area contributed by atoms with E-state index in [0.29, 0.717) is 0 Å². The average Bonchev–Trinajstić information content (AvgIpc) is 2.28. The zero-order valence-corrected chi connectivity index (χ0v) is 9.07. The van der Waals surface area contributed by atoms with Gasteiger partial charge in [-0.15, -0.1) is 0 Å². The normalized spacial score (nSPS) is 10.7. The Morgan fingerprint density at radius 3 is 3.06 bits per heavy atom. The number of nitrogens with one attached hydrogen (secondary N) is 1. The summed E-state index contributed by atoms with van der Waals surface area (Å²) in [6, 6.07) is 7.54. The first-order valence-corrected chi connectivity index (χ1v) is 4.93. The van der Waals surface area contributed by atoms with E-state index >= 15 is 0 Å². The zero-order valence-electron chi connectivity index (χ0n) is 9.31. The van der Waals surface area contributed by atoms with Gasteiger partial charge in [-0.05, 0) is 29.3 Å². The molecule has 1 aromatic carbocycles. The number of hydrogen-bond donors (Lipinski definition) is 1. The second-order valence-electron chi connectivity index (χ2n) is 2.98. The van der Waals surface area contributed by atoms with Gasteiger partial charge in [-0.3, -0.25) is 0 Å². The fourth-order valence-electron chi connectivity index (χ4n) is 1.18. The van der Waals surface area contributed by atoms with Crippen LogP contribution in [0.25, 0.3) is 6.08 Å². The smallest absolute Gasteiger partial charge is 0.231 e. The Morgan fingerprint density at radius 2 is 2.31 bits per heavy atom. The molecule has 0 unspecified atom stereocenters. The summed E-state index contributed by atoms with van der Waals surface area (Å²) in [7, 11) is 0.